The van der Waals surface area contributed by atoms with Crippen molar-refractivity contribution in [3.05, 3.63) is 34.4 Å². The molecule has 1 aromatic rings. The van der Waals surface area contributed by atoms with Gasteiger partial charge in [-0.3, -0.25) is 19.4 Å². The van der Waals surface area contributed by atoms with E-state index >= 15 is 0 Å². The molecule has 0 aromatic heterocycles. The summed E-state index contributed by atoms with van der Waals surface area (Å²) in [6.07, 6.45) is 1.52. The number of rotatable bonds is 5. The number of halogens is 1. The van der Waals surface area contributed by atoms with Crippen molar-refractivity contribution in [2.24, 2.45) is 0 Å². The lowest BCUT2D eigenvalue weighted by Gasteiger charge is -2.35. The Balaban J connectivity index is 2.54. The number of hydrogen-bond acceptors (Lipinski definition) is 4. The van der Waals surface area contributed by atoms with Gasteiger partial charge in [-0.15, -0.1) is 0 Å². The lowest BCUT2D eigenvalue weighted by molar-refractivity contribution is -0.133. The van der Waals surface area contributed by atoms with E-state index < -0.39 is 11.8 Å². The number of ether oxygens (including phenoxy) is 1. The lowest BCUT2D eigenvalue weighted by Crippen LogP contribution is -2.55. The zero-order valence-electron chi connectivity index (χ0n) is 13.8. The largest absolute Gasteiger partial charge is 0.493 e. The summed E-state index contributed by atoms with van der Waals surface area (Å²) in [6, 6.07) is 5.08. The molecule has 0 spiro atoms. The summed E-state index contributed by atoms with van der Waals surface area (Å²) >= 11 is 11.3. The van der Waals surface area contributed by atoms with Gasteiger partial charge in [-0.2, -0.15) is 0 Å². The highest BCUT2D eigenvalue weighted by molar-refractivity contribution is 7.80. The number of hydrogen-bond donors (Lipinski definition) is 0. The molecule has 2 amide bonds. The van der Waals surface area contributed by atoms with E-state index in [1.54, 1.807) is 18.2 Å². The maximum Gasteiger partial charge on any atom is 0.265 e. The molecule has 0 aliphatic carbocycles. The topological polar surface area (TPSA) is 49.9 Å². The Labute approximate surface area is 151 Å². The summed E-state index contributed by atoms with van der Waals surface area (Å²) in [7, 11) is 0. The van der Waals surface area contributed by atoms with E-state index in [2.05, 4.69) is 0 Å². The second-order valence-electron chi connectivity index (χ2n) is 5.05. The van der Waals surface area contributed by atoms with Crippen LogP contribution in [-0.2, 0) is 9.59 Å². The van der Waals surface area contributed by atoms with E-state index in [0.717, 1.165) is 0 Å². The fraction of sp³-hybridized carbons (Fsp3) is 0.353. The molecule has 0 N–H and O–H groups in total. The van der Waals surface area contributed by atoms with E-state index in [4.69, 9.17) is 28.6 Å². The molecule has 0 atom stereocenters. The Hall–Kier alpha value is -1.92. The van der Waals surface area contributed by atoms with Gasteiger partial charge in [-0.1, -0.05) is 11.6 Å². The first kappa shape index (κ1) is 18.4. The molecule has 1 heterocycles. The molecule has 5 nitrogen and oxygen atoms in total. The Bertz CT molecular complexity index is 690. The van der Waals surface area contributed by atoms with Crippen LogP contribution >= 0.6 is 23.8 Å². The Kier molecular flexibility index (Phi) is 5.96. The predicted molar refractivity (Wildman–Crippen MR) is 98.0 cm³/mol. The molecular weight excluding hydrogens is 348 g/mol. The van der Waals surface area contributed by atoms with Gasteiger partial charge < -0.3 is 4.74 Å². The highest BCUT2D eigenvalue weighted by Gasteiger charge is 2.37. The first-order chi connectivity index (χ1) is 11.4. The van der Waals surface area contributed by atoms with E-state index in [1.807, 2.05) is 20.8 Å². The molecule has 2 rings (SSSR count). The van der Waals surface area contributed by atoms with E-state index in [0.29, 0.717) is 36.0 Å². The normalized spacial score (nSPS) is 15.2. The number of benzene rings is 1. The van der Waals surface area contributed by atoms with Crippen LogP contribution in [0.15, 0.2) is 23.8 Å². The van der Waals surface area contributed by atoms with Gasteiger partial charge in [0.25, 0.3) is 11.8 Å². The minimum Gasteiger partial charge on any atom is -0.493 e. The molecule has 24 heavy (non-hydrogen) atoms. The molecule has 1 aliphatic rings. The third-order valence-electron chi connectivity index (χ3n) is 3.62. The zero-order chi connectivity index (χ0) is 17.9. The van der Waals surface area contributed by atoms with E-state index in [9.17, 15) is 9.59 Å². The number of carbonyl (C=O) groups excluding carboxylic acids is 2. The first-order valence-electron chi connectivity index (χ1n) is 7.76. The quantitative estimate of drug-likeness (QED) is 0.456. The van der Waals surface area contributed by atoms with Crippen LogP contribution in [0.1, 0.15) is 26.3 Å². The first-order valence-corrected chi connectivity index (χ1v) is 8.54. The maximum atomic E-state index is 12.6. The Morgan fingerprint density at radius 3 is 2.21 bits per heavy atom. The van der Waals surface area contributed by atoms with Crippen molar-refractivity contribution >= 4 is 46.8 Å². The third-order valence-corrected chi connectivity index (χ3v) is 4.29. The van der Waals surface area contributed by atoms with Gasteiger partial charge in [0, 0.05) is 23.7 Å². The molecule has 7 heteroatoms. The van der Waals surface area contributed by atoms with Crippen molar-refractivity contribution < 1.29 is 14.3 Å². The van der Waals surface area contributed by atoms with Gasteiger partial charge in [-0.25, -0.2) is 0 Å². The highest BCUT2D eigenvalue weighted by Crippen LogP contribution is 2.27. The monoisotopic (exact) mass is 366 g/mol. The van der Waals surface area contributed by atoms with E-state index in [1.165, 1.54) is 15.9 Å². The van der Waals surface area contributed by atoms with Crippen molar-refractivity contribution in [3.63, 3.8) is 0 Å². The summed E-state index contributed by atoms with van der Waals surface area (Å²) in [5.74, 6) is -0.242. The van der Waals surface area contributed by atoms with E-state index in [-0.39, 0.29) is 10.7 Å². The van der Waals surface area contributed by atoms with Crippen LogP contribution in [0.4, 0.5) is 0 Å². The predicted octanol–water partition coefficient (Wildman–Crippen LogP) is 3.12. The van der Waals surface area contributed by atoms with Gasteiger partial charge >= 0.3 is 0 Å². The molecule has 1 fully saturated rings. The lowest BCUT2D eigenvalue weighted by atomic mass is 10.1. The van der Waals surface area contributed by atoms with Gasteiger partial charge in [0.15, 0.2) is 5.11 Å². The Morgan fingerprint density at radius 1 is 1.12 bits per heavy atom. The van der Waals surface area contributed by atoms with Gasteiger partial charge in [0.2, 0.25) is 0 Å². The minimum absolute atomic E-state index is 0.0514. The average molecular weight is 367 g/mol. The summed E-state index contributed by atoms with van der Waals surface area (Å²) < 4.78 is 5.55. The van der Waals surface area contributed by atoms with Crippen molar-refractivity contribution in [1.29, 1.82) is 0 Å². The number of likely N-dealkylation sites (N-methyl/N-ethyl adjacent to an activating group) is 2. The van der Waals surface area contributed by atoms with Gasteiger partial charge in [0.1, 0.15) is 11.3 Å². The SMILES string of the molecule is CCOc1ccc(Cl)cc1C=C1C(=O)N(CC)C(=S)N(CC)C1=O. The smallest absolute Gasteiger partial charge is 0.265 e. The fourth-order valence-electron chi connectivity index (χ4n) is 2.46. The van der Waals surface area contributed by atoms with Crippen molar-refractivity contribution in [1.82, 2.24) is 9.80 Å². The van der Waals surface area contributed by atoms with Crippen LogP contribution in [0.5, 0.6) is 5.75 Å². The molecular formula is C17H19ClN2O3S. The number of amides is 2. The molecule has 0 radical (unpaired) electrons. The molecule has 0 bridgehead atoms. The van der Waals surface area contributed by atoms with Crippen molar-refractivity contribution in [3.8, 4) is 5.75 Å². The van der Waals surface area contributed by atoms with Crippen LogP contribution in [-0.4, -0.2) is 46.4 Å². The number of carbonyl (C=O) groups is 2. The van der Waals surface area contributed by atoms with Crippen LogP contribution in [0.2, 0.25) is 5.02 Å². The average Bonchev–Trinajstić information content (AvgIpc) is 2.55. The molecule has 1 saturated heterocycles. The van der Waals surface area contributed by atoms with Crippen molar-refractivity contribution in [2.45, 2.75) is 20.8 Å². The van der Waals surface area contributed by atoms with Crippen LogP contribution < -0.4 is 4.74 Å². The highest BCUT2D eigenvalue weighted by atomic mass is 35.5. The zero-order valence-corrected chi connectivity index (χ0v) is 15.4. The fourth-order valence-corrected chi connectivity index (χ4v) is 3.06. The summed E-state index contributed by atoms with van der Waals surface area (Å²) in [5.41, 5.74) is 0.636. The summed E-state index contributed by atoms with van der Waals surface area (Å²) in [6.45, 7) is 6.75. The maximum absolute atomic E-state index is 12.6. The van der Waals surface area contributed by atoms with Crippen LogP contribution in [0.3, 0.4) is 0 Å². The second kappa shape index (κ2) is 7.77. The summed E-state index contributed by atoms with van der Waals surface area (Å²) in [5, 5.41) is 0.736. The third kappa shape index (κ3) is 3.44. The number of nitrogens with zero attached hydrogens (tertiary/aromatic N) is 2. The molecule has 1 aliphatic heterocycles. The molecule has 1 aromatic carbocycles. The molecule has 0 saturated carbocycles. The standard InChI is InChI=1S/C17H19ClN2O3S/c1-4-19-15(21)13(16(22)20(5-2)17(19)24)10-11-9-12(18)7-8-14(11)23-6-3/h7-10H,4-6H2,1-3H3. The number of thiocarbonyl (C=S) groups is 1. The Morgan fingerprint density at radius 2 is 1.71 bits per heavy atom. The minimum atomic E-state index is -0.403. The molecule has 0 unspecified atom stereocenters. The van der Waals surface area contributed by atoms with Crippen LogP contribution in [0, 0.1) is 0 Å². The van der Waals surface area contributed by atoms with Gasteiger partial charge in [-0.05, 0) is 57.3 Å². The van der Waals surface area contributed by atoms with Gasteiger partial charge in [0.05, 0.1) is 6.61 Å². The molecule has 128 valence electrons. The van der Waals surface area contributed by atoms with Crippen molar-refractivity contribution in [2.75, 3.05) is 19.7 Å². The van der Waals surface area contributed by atoms with Crippen LogP contribution in [0.25, 0.3) is 6.08 Å². The second-order valence-corrected chi connectivity index (χ2v) is 5.86. The summed E-state index contributed by atoms with van der Waals surface area (Å²) in [4.78, 5) is 28.1.